The van der Waals surface area contributed by atoms with Gasteiger partial charge in [-0.25, -0.2) is 0 Å². The smallest absolute Gasteiger partial charge is 0.231 e. The monoisotopic (exact) mass is 528 g/mol. The zero-order valence-corrected chi connectivity index (χ0v) is 21.1. The van der Waals surface area contributed by atoms with Crippen LogP contribution in [0.5, 0.6) is 23.0 Å². The van der Waals surface area contributed by atoms with Gasteiger partial charge < -0.3 is 39.0 Å². The summed E-state index contributed by atoms with van der Waals surface area (Å²) in [6.45, 7) is 2.19. The summed E-state index contributed by atoms with van der Waals surface area (Å²) < 4.78 is 37.2. The molecule has 4 aliphatic heterocycles. The molecule has 2 unspecified atom stereocenters. The van der Waals surface area contributed by atoms with Crippen molar-refractivity contribution in [2.75, 3.05) is 39.8 Å². The number of fused-ring (bicyclic) bond motifs is 2. The summed E-state index contributed by atoms with van der Waals surface area (Å²) in [4.78, 5) is 27.7. The SMILES string of the molecule is O=C(Cc1ccc2c(c1)OCO2)N1CCCC(O)C1.[2H]C([2H])(C(=O)N1CCCC(O)C1)c1ccc2c(c1)OCO2. The Bertz CT molecular complexity index is 1240. The van der Waals surface area contributed by atoms with Gasteiger partial charge in [-0.1, -0.05) is 12.1 Å². The number of hydrogen-bond donors (Lipinski definition) is 2. The predicted octanol–water partition coefficient (Wildman–Crippen LogP) is 1.88. The number of likely N-dealkylation sites (tertiary alicyclic amines) is 2. The van der Waals surface area contributed by atoms with Crippen LogP contribution in [-0.2, 0) is 22.4 Å². The molecule has 0 aromatic heterocycles. The summed E-state index contributed by atoms with van der Waals surface area (Å²) >= 11 is 0. The molecule has 4 aliphatic rings. The lowest BCUT2D eigenvalue weighted by Crippen LogP contribution is -2.42. The van der Waals surface area contributed by atoms with Crippen LogP contribution in [0.15, 0.2) is 36.4 Å². The Hall–Kier alpha value is -3.50. The average Bonchev–Trinajstić information content (AvgIpc) is 3.62. The van der Waals surface area contributed by atoms with E-state index >= 15 is 0 Å². The molecule has 2 fully saturated rings. The van der Waals surface area contributed by atoms with Crippen molar-refractivity contribution in [2.45, 2.75) is 50.7 Å². The molecule has 204 valence electrons. The van der Waals surface area contributed by atoms with Crippen LogP contribution >= 0.6 is 0 Å². The Morgan fingerprint density at radius 3 is 1.84 bits per heavy atom. The highest BCUT2D eigenvalue weighted by molar-refractivity contribution is 5.79. The number of carbonyl (C=O) groups excluding carboxylic acids is 2. The summed E-state index contributed by atoms with van der Waals surface area (Å²) in [5.41, 5.74) is 1.14. The summed E-state index contributed by atoms with van der Waals surface area (Å²) in [5.74, 6) is 1.85. The molecule has 2 aromatic rings. The highest BCUT2D eigenvalue weighted by Crippen LogP contribution is 2.33. The summed E-state index contributed by atoms with van der Waals surface area (Å²) in [5, 5.41) is 19.2. The van der Waals surface area contributed by atoms with Gasteiger partial charge in [0.2, 0.25) is 25.4 Å². The molecule has 2 N–H and O–H groups in total. The molecule has 4 heterocycles. The van der Waals surface area contributed by atoms with Crippen LogP contribution in [0.2, 0.25) is 0 Å². The van der Waals surface area contributed by atoms with Gasteiger partial charge in [0.1, 0.15) is 0 Å². The number of carbonyl (C=O) groups is 2. The van der Waals surface area contributed by atoms with E-state index in [-0.39, 0.29) is 37.7 Å². The highest BCUT2D eigenvalue weighted by Gasteiger charge is 2.24. The number of ether oxygens (including phenoxy) is 4. The Balaban J connectivity index is 0.000000162. The second-order valence-corrected chi connectivity index (χ2v) is 9.74. The lowest BCUT2D eigenvalue weighted by atomic mass is 10.1. The molecule has 0 bridgehead atoms. The van der Waals surface area contributed by atoms with Gasteiger partial charge in [-0.05, 0) is 61.1 Å². The summed E-state index contributed by atoms with van der Waals surface area (Å²) in [6, 6.07) is 10.2. The molecular weight excluding hydrogens is 492 g/mol. The fraction of sp³-hybridized carbons (Fsp3) is 0.500. The zero-order chi connectivity index (χ0) is 28.3. The van der Waals surface area contributed by atoms with Gasteiger partial charge in [-0.2, -0.15) is 0 Å². The van der Waals surface area contributed by atoms with Crippen LogP contribution < -0.4 is 18.9 Å². The second-order valence-electron chi connectivity index (χ2n) is 9.74. The lowest BCUT2D eigenvalue weighted by molar-refractivity contribution is -0.134. The van der Waals surface area contributed by atoms with Crippen molar-refractivity contribution in [3.05, 3.63) is 47.5 Å². The van der Waals surface area contributed by atoms with Crippen LogP contribution in [0.4, 0.5) is 0 Å². The molecule has 0 aliphatic carbocycles. The maximum Gasteiger partial charge on any atom is 0.231 e. The lowest BCUT2D eigenvalue weighted by Gasteiger charge is -2.30. The van der Waals surface area contributed by atoms with Gasteiger partial charge in [0.15, 0.2) is 23.0 Å². The van der Waals surface area contributed by atoms with E-state index in [1.54, 1.807) is 11.0 Å². The number of aliphatic hydroxyl groups excluding tert-OH is 2. The maximum absolute atomic E-state index is 12.4. The average molecular weight is 529 g/mol. The molecule has 6 rings (SSSR count). The van der Waals surface area contributed by atoms with Crippen molar-refractivity contribution < 1.29 is 41.5 Å². The molecule has 2 amide bonds. The number of rotatable bonds is 4. The molecule has 0 spiro atoms. The van der Waals surface area contributed by atoms with E-state index in [0.29, 0.717) is 49.6 Å². The molecule has 2 aromatic carbocycles. The third-order valence-electron chi connectivity index (χ3n) is 6.85. The standard InChI is InChI=1S/2C14H17NO4/c2*16-11-2-1-5-15(8-11)14(17)7-10-3-4-12-13(6-10)19-9-18-12/h2*3-4,6,11,16H,1-2,5,7-9H2/i7D2;. The van der Waals surface area contributed by atoms with E-state index in [2.05, 4.69) is 0 Å². The van der Waals surface area contributed by atoms with Crippen molar-refractivity contribution in [3.8, 4) is 23.0 Å². The number of hydrogen-bond acceptors (Lipinski definition) is 8. The number of aliphatic hydroxyl groups is 2. The molecular formula is C28H34N2O8. The van der Waals surface area contributed by atoms with Gasteiger partial charge in [0, 0.05) is 28.9 Å². The molecule has 2 saturated heterocycles. The van der Waals surface area contributed by atoms with Gasteiger partial charge in [-0.15, -0.1) is 0 Å². The first kappa shape index (κ1) is 23.6. The highest BCUT2D eigenvalue weighted by atomic mass is 16.7. The Kier molecular flexibility index (Phi) is 7.40. The quantitative estimate of drug-likeness (QED) is 0.618. The molecule has 2 atom stereocenters. The number of piperidine rings is 2. The number of amides is 2. The predicted molar refractivity (Wildman–Crippen MR) is 136 cm³/mol. The molecule has 0 radical (unpaired) electrons. The minimum Gasteiger partial charge on any atom is -0.454 e. The third-order valence-corrected chi connectivity index (χ3v) is 6.85. The summed E-state index contributed by atoms with van der Waals surface area (Å²) in [7, 11) is 0. The molecule has 10 nitrogen and oxygen atoms in total. The van der Waals surface area contributed by atoms with E-state index in [1.807, 2.05) is 18.2 Å². The van der Waals surface area contributed by atoms with Crippen molar-refractivity contribution in [1.29, 1.82) is 0 Å². The first-order valence-electron chi connectivity index (χ1n) is 13.9. The van der Waals surface area contributed by atoms with Gasteiger partial charge >= 0.3 is 0 Å². The van der Waals surface area contributed by atoms with Crippen LogP contribution in [0, 0.1) is 0 Å². The van der Waals surface area contributed by atoms with Crippen LogP contribution in [0.25, 0.3) is 0 Å². The maximum atomic E-state index is 12.4. The fourth-order valence-electron chi connectivity index (χ4n) is 4.83. The zero-order valence-electron chi connectivity index (χ0n) is 23.1. The molecule has 0 saturated carbocycles. The Morgan fingerprint density at radius 2 is 1.26 bits per heavy atom. The number of benzene rings is 2. The van der Waals surface area contributed by atoms with Gasteiger partial charge in [0.25, 0.3) is 0 Å². The van der Waals surface area contributed by atoms with E-state index < -0.39 is 18.4 Å². The third kappa shape index (κ3) is 6.49. The minimum absolute atomic E-state index is 0.0533. The Morgan fingerprint density at radius 1 is 0.763 bits per heavy atom. The molecule has 38 heavy (non-hydrogen) atoms. The van der Waals surface area contributed by atoms with E-state index in [1.165, 1.54) is 17.0 Å². The first-order valence-corrected chi connectivity index (χ1v) is 12.9. The number of β-amino-alcohol motifs (C(OH)–C–C–N with tert-alkyl or cyclic N) is 2. The minimum atomic E-state index is -2.15. The van der Waals surface area contributed by atoms with Crippen molar-refractivity contribution in [1.82, 2.24) is 9.80 Å². The van der Waals surface area contributed by atoms with E-state index in [9.17, 15) is 19.8 Å². The van der Waals surface area contributed by atoms with Gasteiger partial charge in [0.05, 0.1) is 25.0 Å². The van der Waals surface area contributed by atoms with Crippen LogP contribution in [0.1, 0.15) is 39.6 Å². The van der Waals surface area contributed by atoms with Crippen molar-refractivity contribution >= 4 is 11.8 Å². The van der Waals surface area contributed by atoms with Crippen molar-refractivity contribution in [2.24, 2.45) is 0 Å². The Labute approximate surface area is 224 Å². The summed E-state index contributed by atoms with van der Waals surface area (Å²) in [6.07, 6.45) is 0.217. The number of nitrogens with zero attached hydrogens (tertiary/aromatic N) is 2. The van der Waals surface area contributed by atoms with E-state index in [0.717, 1.165) is 30.7 Å². The normalized spacial score (nSPS) is 22.7. The largest absolute Gasteiger partial charge is 0.454 e. The van der Waals surface area contributed by atoms with Crippen molar-refractivity contribution in [3.63, 3.8) is 0 Å². The topological polar surface area (TPSA) is 118 Å². The second kappa shape index (κ2) is 11.9. The first-order chi connectivity index (χ1) is 19.2. The fourth-order valence-corrected chi connectivity index (χ4v) is 4.83. The van der Waals surface area contributed by atoms with Crippen LogP contribution in [-0.4, -0.2) is 83.8 Å². The van der Waals surface area contributed by atoms with Crippen LogP contribution in [0.3, 0.4) is 0 Å². The molecule has 10 heteroatoms. The van der Waals surface area contributed by atoms with Gasteiger partial charge in [-0.3, -0.25) is 9.59 Å². The van der Waals surface area contributed by atoms with E-state index in [4.69, 9.17) is 21.7 Å².